The zero-order valence-electron chi connectivity index (χ0n) is 22.8. The third-order valence-electron chi connectivity index (χ3n) is 7.03. The van der Waals surface area contributed by atoms with Crippen LogP contribution in [0.1, 0.15) is 42.3 Å². The first-order valence-electron chi connectivity index (χ1n) is 13.8. The first-order valence-corrected chi connectivity index (χ1v) is 13.8. The van der Waals surface area contributed by atoms with Crippen LogP contribution in [0.5, 0.6) is 0 Å². The molecular weight excluding hydrogens is 486 g/mol. The van der Waals surface area contributed by atoms with E-state index in [4.69, 9.17) is 4.52 Å². The van der Waals surface area contributed by atoms with Crippen molar-refractivity contribution in [2.45, 2.75) is 32.9 Å². The van der Waals surface area contributed by atoms with Gasteiger partial charge in [0.15, 0.2) is 0 Å². The van der Waals surface area contributed by atoms with Crippen molar-refractivity contribution in [3.8, 4) is 11.4 Å². The Kier molecular flexibility index (Phi) is 8.81. The van der Waals surface area contributed by atoms with Crippen LogP contribution in [-0.2, 0) is 17.9 Å². The first-order chi connectivity index (χ1) is 19.1. The highest BCUT2D eigenvalue weighted by Crippen LogP contribution is 2.28. The summed E-state index contributed by atoms with van der Waals surface area (Å²) in [6.45, 7) is 10.2. The molecule has 1 N–H and O–H groups in total. The number of amides is 1. The molecule has 1 aromatic heterocycles. The lowest BCUT2D eigenvalue weighted by atomic mass is 9.89. The SMILES string of the molecule is CC(C)CN(Cc1nc(-c2ccc(CN3CCNCC3)cc2)no1)C(=O)C(c1ccccc1)c1ccccc1. The molecule has 1 saturated heterocycles. The standard InChI is InChI=1S/C32H37N5O2/c1-24(2)21-37(32(38)30(26-9-5-3-6-10-26)27-11-7-4-8-12-27)23-29-34-31(35-39-29)28-15-13-25(14-16-28)22-36-19-17-33-18-20-36/h3-16,24,30,33H,17-23H2,1-2H3. The van der Waals surface area contributed by atoms with Gasteiger partial charge in [-0.25, -0.2) is 0 Å². The molecule has 7 heteroatoms. The normalized spacial score (nSPS) is 14.2. The Morgan fingerprint density at radius 3 is 2.13 bits per heavy atom. The lowest BCUT2D eigenvalue weighted by Crippen LogP contribution is -2.42. The summed E-state index contributed by atoms with van der Waals surface area (Å²) < 4.78 is 5.65. The van der Waals surface area contributed by atoms with Gasteiger partial charge in [-0.15, -0.1) is 0 Å². The van der Waals surface area contributed by atoms with Gasteiger partial charge in [-0.3, -0.25) is 9.69 Å². The van der Waals surface area contributed by atoms with E-state index in [2.05, 4.69) is 46.3 Å². The number of aromatic nitrogens is 2. The molecule has 0 unspecified atom stereocenters. The molecular formula is C32H37N5O2. The maximum Gasteiger partial charge on any atom is 0.246 e. The second-order valence-corrected chi connectivity index (χ2v) is 10.6. The Morgan fingerprint density at radius 1 is 0.923 bits per heavy atom. The van der Waals surface area contributed by atoms with Crippen molar-refractivity contribution >= 4 is 5.91 Å². The summed E-state index contributed by atoms with van der Waals surface area (Å²) in [6, 6.07) is 28.3. The third-order valence-corrected chi connectivity index (χ3v) is 7.03. The van der Waals surface area contributed by atoms with Gasteiger partial charge in [-0.05, 0) is 22.6 Å². The molecule has 0 bridgehead atoms. The molecule has 1 aliphatic rings. The third kappa shape index (κ3) is 6.99. The minimum absolute atomic E-state index is 0.0260. The van der Waals surface area contributed by atoms with E-state index < -0.39 is 5.92 Å². The number of rotatable bonds is 10. The van der Waals surface area contributed by atoms with Crippen LogP contribution in [0.3, 0.4) is 0 Å². The summed E-state index contributed by atoms with van der Waals surface area (Å²) >= 11 is 0. The van der Waals surface area contributed by atoms with E-state index >= 15 is 0 Å². The Hall–Kier alpha value is -3.81. The minimum atomic E-state index is -0.406. The topological polar surface area (TPSA) is 74.5 Å². The molecule has 1 aliphatic heterocycles. The Labute approximate surface area is 230 Å². The van der Waals surface area contributed by atoms with Crippen LogP contribution in [-0.4, -0.2) is 58.6 Å². The van der Waals surface area contributed by atoms with Crippen LogP contribution in [0.25, 0.3) is 11.4 Å². The number of hydrogen-bond donors (Lipinski definition) is 1. The van der Waals surface area contributed by atoms with Crippen LogP contribution >= 0.6 is 0 Å². The van der Waals surface area contributed by atoms with Crippen molar-refractivity contribution in [1.82, 2.24) is 25.3 Å². The van der Waals surface area contributed by atoms with E-state index in [1.165, 1.54) is 5.56 Å². The molecule has 0 spiro atoms. The molecule has 2 heterocycles. The number of benzene rings is 3. The number of nitrogens with one attached hydrogen (secondary N) is 1. The quantitative estimate of drug-likeness (QED) is 0.317. The van der Waals surface area contributed by atoms with E-state index in [0.717, 1.165) is 49.4 Å². The lowest BCUT2D eigenvalue weighted by molar-refractivity contribution is -0.133. The summed E-state index contributed by atoms with van der Waals surface area (Å²) in [5.41, 5.74) is 4.11. The minimum Gasteiger partial charge on any atom is -0.337 e. The van der Waals surface area contributed by atoms with Crippen LogP contribution in [0, 0.1) is 5.92 Å². The molecule has 1 amide bonds. The van der Waals surface area contributed by atoms with Crippen LogP contribution < -0.4 is 5.32 Å². The van der Waals surface area contributed by atoms with Gasteiger partial charge in [0.1, 0.15) is 6.54 Å². The number of carbonyl (C=O) groups excluding carboxylic acids is 1. The average molecular weight is 524 g/mol. The van der Waals surface area contributed by atoms with Crippen LogP contribution in [0.2, 0.25) is 0 Å². The predicted octanol–water partition coefficient (Wildman–Crippen LogP) is 4.96. The van der Waals surface area contributed by atoms with E-state index in [1.807, 2.05) is 77.7 Å². The number of piperazine rings is 1. The monoisotopic (exact) mass is 523 g/mol. The molecule has 0 saturated carbocycles. The van der Waals surface area contributed by atoms with Gasteiger partial charge < -0.3 is 14.7 Å². The Morgan fingerprint density at radius 2 is 1.54 bits per heavy atom. The highest BCUT2D eigenvalue weighted by Gasteiger charge is 2.29. The second kappa shape index (κ2) is 12.8. The fraction of sp³-hybridized carbons (Fsp3) is 0.344. The average Bonchev–Trinajstić information content (AvgIpc) is 3.43. The molecule has 0 atom stereocenters. The van der Waals surface area contributed by atoms with E-state index in [0.29, 0.717) is 18.3 Å². The fourth-order valence-electron chi connectivity index (χ4n) is 5.11. The molecule has 0 radical (unpaired) electrons. The number of carbonyl (C=O) groups is 1. The Bertz CT molecular complexity index is 1280. The van der Waals surface area contributed by atoms with Gasteiger partial charge in [-0.2, -0.15) is 4.98 Å². The highest BCUT2D eigenvalue weighted by molar-refractivity contribution is 5.87. The van der Waals surface area contributed by atoms with E-state index in [9.17, 15) is 4.79 Å². The summed E-state index contributed by atoms with van der Waals surface area (Å²) in [5, 5.41) is 7.64. The number of nitrogens with zero attached hydrogens (tertiary/aromatic N) is 4. The van der Waals surface area contributed by atoms with Crippen molar-refractivity contribution in [3.05, 3.63) is 108 Å². The molecule has 202 valence electrons. The molecule has 5 rings (SSSR count). The summed E-state index contributed by atoms with van der Waals surface area (Å²) in [7, 11) is 0. The molecule has 7 nitrogen and oxygen atoms in total. The van der Waals surface area contributed by atoms with E-state index in [1.54, 1.807) is 0 Å². The Balaban J connectivity index is 1.33. The van der Waals surface area contributed by atoms with Gasteiger partial charge in [0, 0.05) is 44.8 Å². The summed E-state index contributed by atoms with van der Waals surface area (Å²) in [4.78, 5) is 23.1. The van der Waals surface area contributed by atoms with Crippen molar-refractivity contribution in [3.63, 3.8) is 0 Å². The molecule has 1 fully saturated rings. The summed E-state index contributed by atoms with van der Waals surface area (Å²) in [5.74, 6) is 0.878. The maximum atomic E-state index is 14.1. The fourth-order valence-corrected chi connectivity index (χ4v) is 5.11. The van der Waals surface area contributed by atoms with E-state index in [-0.39, 0.29) is 18.4 Å². The molecule has 3 aromatic carbocycles. The highest BCUT2D eigenvalue weighted by atomic mass is 16.5. The maximum absolute atomic E-state index is 14.1. The van der Waals surface area contributed by atoms with Crippen molar-refractivity contribution in [1.29, 1.82) is 0 Å². The smallest absolute Gasteiger partial charge is 0.246 e. The zero-order valence-corrected chi connectivity index (χ0v) is 22.8. The van der Waals surface area contributed by atoms with Crippen molar-refractivity contribution in [2.75, 3.05) is 32.7 Å². The molecule has 0 aliphatic carbocycles. The van der Waals surface area contributed by atoms with Gasteiger partial charge in [0.25, 0.3) is 0 Å². The predicted molar refractivity (Wildman–Crippen MR) is 153 cm³/mol. The van der Waals surface area contributed by atoms with Crippen molar-refractivity contribution in [2.24, 2.45) is 5.92 Å². The van der Waals surface area contributed by atoms with Crippen LogP contribution in [0.4, 0.5) is 0 Å². The number of hydrogen-bond acceptors (Lipinski definition) is 6. The zero-order chi connectivity index (χ0) is 27.0. The second-order valence-electron chi connectivity index (χ2n) is 10.6. The molecule has 4 aromatic rings. The van der Waals surface area contributed by atoms with Crippen molar-refractivity contribution < 1.29 is 9.32 Å². The van der Waals surface area contributed by atoms with Gasteiger partial charge in [-0.1, -0.05) is 104 Å². The van der Waals surface area contributed by atoms with Gasteiger partial charge in [0.05, 0.1) is 5.92 Å². The first kappa shape index (κ1) is 26.8. The summed E-state index contributed by atoms with van der Waals surface area (Å²) in [6.07, 6.45) is 0. The molecule has 39 heavy (non-hydrogen) atoms. The van der Waals surface area contributed by atoms with Crippen LogP contribution in [0.15, 0.2) is 89.5 Å². The van der Waals surface area contributed by atoms with Gasteiger partial charge in [0.2, 0.25) is 17.6 Å². The lowest BCUT2D eigenvalue weighted by Gasteiger charge is -2.28. The largest absolute Gasteiger partial charge is 0.337 e. The van der Waals surface area contributed by atoms with Gasteiger partial charge >= 0.3 is 0 Å².